The average Bonchev–Trinajstić information content (AvgIpc) is 3.07. The molecule has 0 bridgehead atoms. The summed E-state index contributed by atoms with van der Waals surface area (Å²) < 4.78 is 12.2. The Morgan fingerprint density at radius 1 is 0.364 bits per heavy atom. The van der Waals surface area contributed by atoms with Gasteiger partial charge in [0.1, 0.15) is 22.3 Å². The first-order chi connectivity index (χ1) is 21.6. The molecule has 0 aliphatic rings. The molecule has 2 heterocycles. The van der Waals surface area contributed by atoms with Crippen molar-refractivity contribution in [3.63, 3.8) is 0 Å². The molecule has 0 aliphatic carbocycles. The van der Waals surface area contributed by atoms with Crippen LogP contribution in [0.2, 0.25) is 0 Å². The van der Waals surface area contributed by atoms with E-state index in [9.17, 15) is 9.59 Å². The summed E-state index contributed by atoms with van der Waals surface area (Å²) in [6, 6.07) is 43.1. The van der Waals surface area contributed by atoms with E-state index in [-0.39, 0.29) is 10.9 Å². The molecule has 0 saturated carbocycles. The zero-order chi connectivity index (χ0) is 29.4. The minimum atomic E-state index is -0.0287. The van der Waals surface area contributed by atoms with Crippen LogP contribution in [0, 0.1) is 0 Å². The maximum absolute atomic E-state index is 13.6. The van der Waals surface area contributed by atoms with Crippen LogP contribution >= 0.6 is 0 Å². The van der Waals surface area contributed by atoms with Crippen LogP contribution in [0.1, 0.15) is 0 Å². The molecule has 0 spiro atoms. The zero-order valence-electron chi connectivity index (χ0n) is 23.3. The number of fused-ring (bicyclic) bond motifs is 7. The molecule has 0 amide bonds. The molecule has 44 heavy (non-hydrogen) atoms. The number of hydrogen-bond donors (Lipinski definition) is 0. The lowest BCUT2D eigenvalue weighted by Gasteiger charge is -2.11. The Balaban J connectivity index is 1.20. The molecular formula is C40H22O4. The van der Waals surface area contributed by atoms with E-state index in [2.05, 4.69) is 48.5 Å². The molecule has 0 saturated heterocycles. The monoisotopic (exact) mass is 566 g/mol. The Kier molecular flexibility index (Phi) is 5.17. The smallest absolute Gasteiger partial charge is 0.201 e. The van der Waals surface area contributed by atoms with Gasteiger partial charge in [-0.2, -0.15) is 0 Å². The Hall–Kier alpha value is -6.00. The van der Waals surface area contributed by atoms with Crippen molar-refractivity contribution in [2.45, 2.75) is 0 Å². The third-order valence-electron chi connectivity index (χ3n) is 8.67. The number of hydrogen-bond acceptors (Lipinski definition) is 4. The predicted molar refractivity (Wildman–Crippen MR) is 179 cm³/mol. The lowest BCUT2D eigenvalue weighted by atomic mass is 9.93. The highest BCUT2D eigenvalue weighted by atomic mass is 16.3. The summed E-state index contributed by atoms with van der Waals surface area (Å²) in [6.07, 6.45) is 0. The zero-order valence-corrected chi connectivity index (χ0v) is 23.3. The third-order valence-corrected chi connectivity index (χ3v) is 8.67. The first kappa shape index (κ1) is 24.6. The van der Waals surface area contributed by atoms with Crippen molar-refractivity contribution in [1.29, 1.82) is 0 Å². The van der Waals surface area contributed by atoms with E-state index < -0.39 is 0 Å². The van der Waals surface area contributed by atoms with Crippen molar-refractivity contribution in [2.75, 3.05) is 0 Å². The van der Waals surface area contributed by atoms with Gasteiger partial charge in [0, 0.05) is 0 Å². The quantitative estimate of drug-likeness (QED) is 0.154. The van der Waals surface area contributed by atoms with E-state index in [1.807, 2.05) is 84.9 Å². The van der Waals surface area contributed by atoms with Gasteiger partial charge in [-0.15, -0.1) is 0 Å². The van der Waals surface area contributed by atoms with Gasteiger partial charge in [0.15, 0.2) is 0 Å². The van der Waals surface area contributed by atoms with Gasteiger partial charge in [0.05, 0.1) is 21.5 Å². The first-order valence-electron chi connectivity index (χ1n) is 14.5. The second-order valence-corrected chi connectivity index (χ2v) is 11.1. The maximum atomic E-state index is 13.6. The molecule has 0 N–H and O–H groups in total. The van der Waals surface area contributed by atoms with Crippen LogP contribution in [0.4, 0.5) is 0 Å². The molecule has 206 valence electrons. The van der Waals surface area contributed by atoms with Gasteiger partial charge in [-0.05, 0) is 92.3 Å². The van der Waals surface area contributed by atoms with E-state index in [0.29, 0.717) is 43.9 Å². The second kappa shape index (κ2) is 9.25. The molecule has 0 unspecified atom stereocenters. The van der Waals surface area contributed by atoms with Gasteiger partial charge in [0.25, 0.3) is 0 Å². The first-order valence-corrected chi connectivity index (χ1v) is 14.5. The standard InChI is InChI=1S/C40H22O4/c41-39-31-7-1-3-11-33(31)43-35-13-5-9-29(37(35)39)25-17-19-27-23(21-25)15-16-24-22-26(18-20-28(24)27)30-10-6-14-36-38(30)40(42)32-8-2-4-12-34(32)44-36/h1-22H. The van der Waals surface area contributed by atoms with E-state index >= 15 is 0 Å². The van der Waals surface area contributed by atoms with Crippen molar-refractivity contribution in [3.05, 3.63) is 154 Å². The Bertz CT molecular complexity index is 2570. The molecule has 4 heteroatoms. The van der Waals surface area contributed by atoms with Crippen molar-refractivity contribution < 1.29 is 8.83 Å². The lowest BCUT2D eigenvalue weighted by molar-refractivity contribution is 0.659. The van der Waals surface area contributed by atoms with Gasteiger partial charge >= 0.3 is 0 Å². The molecule has 0 aliphatic heterocycles. The highest BCUT2D eigenvalue weighted by Gasteiger charge is 2.15. The third kappa shape index (κ3) is 3.58. The summed E-state index contributed by atoms with van der Waals surface area (Å²) in [5.74, 6) is 0. The van der Waals surface area contributed by atoms with Crippen LogP contribution in [0.15, 0.2) is 152 Å². The number of benzene rings is 7. The van der Waals surface area contributed by atoms with Gasteiger partial charge in [-0.25, -0.2) is 0 Å². The lowest BCUT2D eigenvalue weighted by Crippen LogP contribution is -2.03. The molecule has 0 radical (unpaired) electrons. The Labute approximate surface area is 250 Å². The highest BCUT2D eigenvalue weighted by Crippen LogP contribution is 2.36. The normalized spacial score (nSPS) is 11.8. The van der Waals surface area contributed by atoms with Crippen molar-refractivity contribution >= 4 is 65.4 Å². The Morgan fingerprint density at radius 3 is 1.27 bits per heavy atom. The molecule has 0 fully saturated rings. The van der Waals surface area contributed by atoms with E-state index in [4.69, 9.17) is 8.83 Å². The van der Waals surface area contributed by atoms with Crippen LogP contribution in [0.3, 0.4) is 0 Å². The SMILES string of the molecule is O=c1c2ccccc2oc2cccc(-c3ccc4c(ccc5cc(-c6cccc7oc8ccccc8c(=O)c67)ccc54)c3)c12. The second-order valence-electron chi connectivity index (χ2n) is 11.1. The van der Waals surface area contributed by atoms with Gasteiger partial charge in [-0.3, -0.25) is 9.59 Å². The van der Waals surface area contributed by atoms with Crippen molar-refractivity contribution in [1.82, 2.24) is 0 Å². The summed E-state index contributed by atoms with van der Waals surface area (Å²) in [6.45, 7) is 0. The van der Waals surface area contributed by atoms with Gasteiger partial charge in [0.2, 0.25) is 10.9 Å². The molecule has 9 rings (SSSR count). The fourth-order valence-corrected chi connectivity index (χ4v) is 6.58. The van der Waals surface area contributed by atoms with E-state index in [1.165, 1.54) is 0 Å². The summed E-state index contributed by atoms with van der Waals surface area (Å²) in [5.41, 5.74) is 5.88. The predicted octanol–water partition coefficient (Wildman–Crippen LogP) is 9.85. The summed E-state index contributed by atoms with van der Waals surface area (Å²) >= 11 is 0. The summed E-state index contributed by atoms with van der Waals surface area (Å²) in [5, 5.41) is 6.69. The molecule has 7 aromatic carbocycles. The minimum absolute atomic E-state index is 0.0287. The Morgan fingerprint density at radius 2 is 0.795 bits per heavy atom. The van der Waals surface area contributed by atoms with Crippen LogP contribution in [-0.2, 0) is 0 Å². The molecule has 4 nitrogen and oxygen atoms in total. The topological polar surface area (TPSA) is 60.4 Å². The van der Waals surface area contributed by atoms with Crippen molar-refractivity contribution in [3.8, 4) is 22.3 Å². The molecular weight excluding hydrogens is 544 g/mol. The molecule has 2 aromatic heterocycles. The molecule has 0 atom stereocenters. The van der Waals surface area contributed by atoms with Gasteiger partial charge < -0.3 is 8.83 Å². The van der Waals surface area contributed by atoms with E-state index in [0.717, 1.165) is 43.8 Å². The highest BCUT2D eigenvalue weighted by molar-refractivity contribution is 6.11. The molecule has 9 aromatic rings. The van der Waals surface area contributed by atoms with Gasteiger partial charge in [-0.1, -0.05) is 84.9 Å². The van der Waals surface area contributed by atoms with Crippen LogP contribution in [-0.4, -0.2) is 0 Å². The van der Waals surface area contributed by atoms with Crippen LogP contribution in [0.25, 0.3) is 87.7 Å². The number of para-hydroxylation sites is 2. The fraction of sp³-hybridized carbons (Fsp3) is 0. The number of rotatable bonds is 2. The van der Waals surface area contributed by atoms with E-state index in [1.54, 1.807) is 0 Å². The summed E-state index contributed by atoms with van der Waals surface area (Å²) in [7, 11) is 0. The largest absolute Gasteiger partial charge is 0.456 e. The fourth-order valence-electron chi connectivity index (χ4n) is 6.58. The van der Waals surface area contributed by atoms with Crippen molar-refractivity contribution in [2.24, 2.45) is 0 Å². The average molecular weight is 567 g/mol. The van der Waals surface area contributed by atoms with Crippen LogP contribution < -0.4 is 10.9 Å². The summed E-state index contributed by atoms with van der Waals surface area (Å²) in [4.78, 5) is 27.1. The van der Waals surface area contributed by atoms with Crippen LogP contribution in [0.5, 0.6) is 0 Å². The maximum Gasteiger partial charge on any atom is 0.201 e. The minimum Gasteiger partial charge on any atom is -0.456 e.